The second-order valence-corrected chi connectivity index (χ2v) is 19.0. The number of nitrogens with zero attached hydrogens (tertiary/aromatic N) is 2. The van der Waals surface area contributed by atoms with Crippen molar-refractivity contribution >= 4 is 35.3 Å². The van der Waals surface area contributed by atoms with E-state index >= 15 is 0 Å². The number of rotatable bonds is 15. The number of ketones is 1. The average Bonchev–Trinajstić information content (AvgIpc) is 4.24. The van der Waals surface area contributed by atoms with Gasteiger partial charge in [0, 0.05) is 74.4 Å². The molecule has 6 fully saturated rings. The minimum absolute atomic E-state index is 0.0195. The van der Waals surface area contributed by atoms with Gasteiger partial charge in [-0.15, -0.1) is 0 Å². The second kappa shape index (κ2) is 17.2. The molecule has 4 aliphatic carbocycles. The molecule has 2 saturated heterocycles. The molecule has 0 bridgehead atoms. The fourth-order valence-corrected chi connectivity index (χ4v) is 10.6. The van der Waals surface area contributed by atoms with Crippen LogP contribution in [0.3, 0.4) is 0 Å². The monoisotopic (exact) mass is 845 g/mol. The molecule has 0 radical (unpaired) electrons. The fraction of sp³-hybridized carbons (Fsp3) is 0.423. The first-order valence-corrected chi connectivity index (χ1v) is 22.9. The van der Waals surface area contributed by atoms with Gasteiger partial charge in [-0.1, -0.05) is 121 Å². The summed E-state index contributed by atoms with van der Waals surface area (Å²) in [6, 6.07) is 40.1. The van der Waals surface area contributed by atoms with Gasteiger partial charge in [0.15, 0.2) is 0 Å². The molecule has 5 amide bonds. The van der Waals surface area contributed by atoms with E-state index in [2.05, 4.69) is 64.5 Å². The van der Waals surface area contributed by atoms with Crippen LogP contribution in [0.2, 0.25) is 0 Å². The van der Waals surface area contributed by atoms with Crippen molar-refractivity contribution in [1.29, 1.82) is 0 Å². The van der Waals surface area contributed by atoms with Crippen LogP contribution in [0, 0.1) is 29.6 Å². The predicted molar refractivity (Wildman–Crippen MR) is 236 cm³/mol. The predicted octanol–water partition coefficient (Wildman–Crippen LogP) is 5.31. The van der Waals surface area contributed by atoms with Crippen molar-refractivity contribution in [2.45, 2.75) is 80.3 Å². The minimum Gasteiger partial charge on any atom is -0.352 e. The molecule has 12 atom stereocenters. The summed E-state index contributed by atoms with van der Waals surface area (Å²) in [6.07, 6.45) is 3.19. The van der Waals surface area contributed by atoms with Crippen LogP contribution in [-0.2, 0) is 28.8 Å². The summed E-state index contributed by atoms with van der Waals surface area (Å²) >= 11 is 0. The third kappa shape index (κ3) is 9.06. The molecule has 63 heavy (non-hydrogen) atoms. The molecule has 4 saturated carbocycles. The maximum Gasteiger partial charge on any atom is 0.232 e. The zero-order valence-corrected chi connectivity index (χ0v) is 35.4. The highest BCUT2D eigenvalue weighted by Gasteiger charge is 2.51. The SMILES string of the molecule is O=C(C[C@H]1C[C@@H]1c1ccccc1)[C@@H]1CN(C(=O)CC(=O)N2C[C@@H](C(=O)N[C@H]3C[C@@H]3c3ccccc3)[C@H](C(=O)N[C@H]3C[C@@H]3c3ccccc3)C2)C[C@H]1C(=O)N[C@H]1C[C@@H]1c1ccccc1. The van der Waals surface area contributed by atoms with E-state index in [4.69, 9.17) is 0 Å². The molecule has 324 valence electrons. The highest BCUT2D eigenvalue weighted by atomic mass is 16.2. The molecule has 4 aromatic rings. The molecule has 11 heteroatoms. The number of benzene rings is 4. The lowest BCUT2D eigenvalue weighted by atomic mass is 9.88. The Morgan fingerprint density at radius 2 is 0.730 bits per heavy atom. The number of likely N-dealkylation sites (tertiary alicyclic amines) is 2. The Morgan fingerprint density at radius 3 is 1.10 bits per heavy atom. The van der Waals surface area contributed by atoms with Crippen LogP contribution in [0.4, 0.5) is 0 Å². The van der Waals surface area contributed by atoms with Gasteiger partial charge in [-0.2, -0.15) is 0 Å². The van der Waals surface area contributed by atoms with Crippen LogP contribution in [0.1, 0.15) is 84.5 Å². The van der Waals surface area contributed by atoms with Crippen LogP contribution >= 0.6 is 0 Å². The van der Waals surface area contributed by atoms with Crippen molar-refractivity contribution in [3.8, 4) is 0 Å². The summed E-state index contributed by atoms with van der Waals surface area (Å²) in [6.45, 7) is 0.160. The van der Waals surface area contributed by atoms with E-state index in [0.29, 0.717) is 12.3 Å². The van der Waals surface area contributed by atoms with Crippen molar-refractivity contribution in [1.82, 2.24) is 25.8 Å². The van der Waals surface area contributed by atoms with Gasteiger partial charge >= 0.3 is 0 Å². The number of carbonyl (C=O) groups excluding carboxylic acids is 6. The first kappa shape index (κ1) is 40.9. The largest absolute Gasteiger partial charge is 0.352 e. The number of nitrogens with one attached hydrogen (secondary N) is 3. The Balaban J connectivity index is 0.799. The van der Waals surface area contributed by atoms with E-state index in [0.717, 1.165) is 42.4 Å². The normalized spacial score (nSPS) is 31.1. The maximum absolute atomic E-state index is 14.1. The molecule has 0 unspecified atom stereocenters. The van der Waals surface area contributed by atoms with Crippen LogP contribution in [0.5, 0.6) is 0 Å². The Kier molecular flexibility index (Phi) is 11.2. The van der Waals surface area contributed by atoms with Crippen LogP contribution in [0.15, 0.2) is 121 Å². The Labute approximate surface area is 368 Å². The van der Waals surface area contributed by atoms with Gasteiger partial charge in [-0.3, -0.25) is 28.8 Å². The third-order valence-electron chi connectivity index (χ3n) is 14.7. The zero-order valence-electron chi connectivity index (χ0n) is 35.4. The van der Waals surface area contributed by atoms with Gasteiger partial charge in [0.1, 0.15) is 12.2 Å². The fourth-order valence-electron chi connectivity index (χ4n) is 10.6. The summed E-state index contributed by atoms with van der Waals surface area (Å²) in [5, 5.41) is 9.52. The molecule has 6 aliphatic rings. The van der Waals surface area contributed by atoms with Gasteiger partial charge in [0.05, 0.1) is 17.8 Å². The van der Waals surface area contributed by atoms with E-state index < -0.39 is 41.9 Å². The summed E-state index contributed by atoms with van der Waals surface area (Å²) in [5.41, 5.74) is 4.67. The Morgan fingerprint density at radius 1 is 0.413 bits per heavy atom. The molecule has 11 nitrogen and oxygen atoms in total. The lowest BCUT2D eigenvalue weighted by Crippen LogP contribution is -2.43. The summed E-state index contributed by atoms with van der Waals surface area (Å²) in [4.78, 5) is 87.1. The number of hydrogen-bond acceptors (Lipinski definition) is 6. The lowest BCUT2D eigenvalue weighted by Gasteiger charge is -2.20. The van der Waals surface area contributed by atoms with Gasteiger partial charge in [0.2, 0.25) is 29.5 Å². The smallest absolute Gasteiger partial charge is 0.232 e. The lowest BCUT2D eigenvalue weighted by molar-refractivity contribution is -0.139. The van der Waals surface area contributed by atoms with E-state index in [9.17, 15) is 28.8 Å². The number of Topliss-reactive ketones (excluding diaryl/α,β-unsaturated/α-hetero) is 1. The maximum atomic E-state index is 14.1. The minimum atomic E-state index is -0.777. The van der Waals surface area contributed by atoms with Crippen molar-refractivity contribution in [3.05, 3.63) is 144 Å². The average molecular weight is 846 g/mol. The van der Waals surface area contributed by atoms with Crippen LogP contribution in [-0.4, -0.2) is 89.4 Å². The standard InChI is InChI=1S/C52H55N5O6/c58-47(22-35-21-36(35)31-13-5-1-6-14-31)40-27-56(28-41(40)50(61)53-44-23-37(44)32-15-7-2-8-16-32)48(59)26-49(60)57-29-42(51(62)54-45-24-38(45)33-17-9-3-10-18-33)43(30-57)52(63)55-46-25-39(46)34-19-11-4-12-20-34/h1-20,35-46H,21-30H2,(H,53,61)(H,54,62)(H,55,63)/t35-,36-,37-,38-,39-,40-,41-,42-,43-,44+,45+,46+/m1/s1. The zero-order chi connectivity index (χ0) is 43.2. The molecule has 2 heterocycles. The van der Waals surface area contributed by atoms with Crippen LogP contribution < -0.4 is 16.0 Å². The number of amides is 5. The molecule has 3 N–H and O–H groups in total. The summed E-state index contributed by atoms with van der Waals surface area (Å²) in [5.74, 6) is -3.56. The molecule has 4 aromatic carbocycles. The molecular formula is C52H55N5O6. The third-order valence-corrected chi connectivity index (χ3v) is 14.7. The molecule has 2 aliphatic heterocycles. The highest BCUT2D eigenvalue weighted by Crippen LogP contribution is 2.50. The number of hydrogen-bond donors (Lipinski definition) is 3. The summed E-state index contributed by atoms with van der Waals surface area (Å²) < 4.78 is 0. The second-order valence-electron chi connectivity index (χ2n) is 19.0. The Hall–Kier alpha value is -6.10. The molecular weight excluding hydrogens is 791 g/mol. The Bertz CT molecular complexity index is 2050. The van der Waals surface area contributed by atoms with Crippen molar-refractivity contribution in [2.24, 2.45) is 29.6 Å². The first-order valence-electron chi connectivity index (χ1n) is 22.9. The van der Waals surface area contributed by atoms with Crippen LogP contribution in [0.25, 0.3) is 0 Å². The van der Waals surface area contributed by atoms with Gasteiger partial charge in [-0.25, -0.2) is 0 Å². The van der Waals surface area contributed by atoms with Crippen molar-refractivity contribution in [2.75, 3.05) is 26.2 Å². The first-order chi connectivity index (χ1) is 30.7. The van der Waals surface area contributed by atoms with E-state index in [1.165, 1.54) is 15.4 Å². The van der Waals surface area contributed by atoms with Gasteiger partial charge in [-0.05, 0) is 59.8 Å². The van der Waals surface area contributed by atoms with Gasteiger partial charge < -0.3 is 25.8 Å². The quantitative estimate of drug-likeness (QED) is 0.139. The topological polar surface area (TPSA) is 145 Å². The molecule has 0 aromatic heterocycles. The van der Waals surface area contributed by atoms with E-state index in [-0.39, 0.29) is 91.5 Å². The van der Waals surface area contributed by atoms with Gasteiger partial charge in [0.25, 0.3) is 0 Å². The molecule has 10 rings (SSSR count). The highest BCUT2D eigenvalue weighted by molar-refractivity contribution is 6.00. The van der Waals surface area contributed by atoms with Crippen molar-refractivity contribution in [3.63, 3.8) is 0 Å². The number of carbonyl (C=O) groups is 6. The molecule has 0 spiro atoms. The van der Waals surface area contributed by atoms with E-state index in [1.54, 1.807) is 0 Å². The summed E-state index contributed by atoms with van der Waals surface area (Å²) in [7, 11) is 0. The van der Waals surface area contributed by atoms with Crippen molar-refractivity contribution < 1.29 is 28.8 Å². The van der Waals surface area contributed by atoms with E-state index in [1.807, 2.05) is 72.8 Å².